The van der Waals surface area contributed by atoms with E-state index in [9.17, 15) is 13.2 Å². The van der Waals surface area contributed by atoms with Crippen molar-refractivity contribution in [2.75, 3.05) is 26.7 Å². The van der Waals surface area contributed by atoms with Gasteiger partial charge in [-0.3, -0.25) is 4.79 Å². The Labute approximate surface area is 149 Å². The fourth-order valence-electron chi connectivity index (χ4n) is 2.95. The van der Waals surface area contributed by atoms with E-state index in [-0.39, 0.29) is 21.7 Å². The molecule has 0 spiro atoms. The van der Waals surface area contributed by atoms with Crippen molar-refractivity contribution in [3.63, 3.8) is 0 Å². The van der Waals surface area contributed by atoms with Crippen LogP contribution in [-0.2, 0) is 14.8 Å². The lowest BCUT2D eigenvalue weighted by atomic mass is 9.96. The van der Waals surface area contributed by atoms with Gasteiger partial charge in [-0.2, -0.15) is 4.31 Å². The summed E-state index contributed by atoms with van der Waals surface area (Å²) in [7, 11) is -1.78. The van der Waals surface area contributed by atoms with Gasteiger partial charge in [-0.25, -0.2) is 8.42 Å². The summed E-state index contributed by atoms with van der Waals surface area (Å²) in [5, 5.41) is 0.231. The quantitative estimate of drug-likeness (QED) is 0.771. The van der Waals surface area contributed by atoms with E-state index in [1.54, 1.807) is 23.1 Å². The molecule has 0 atom stereocenters. The van der Waals surface area contributed by atoms with Crippen LogP contribution in [0.1, 0.15) is 32.6 Å². The first-order chi connectivity index (χ1) is 11.4. The van der Waals surface area contributed by atoms with Gasteiger partial charge in [-0.15, -0.1) is 0 Å². The summed E-state index contributed by atoms with van der Waals surface area (Å²) in [5.74, 6) is 0.0304. The van der Waals surface area contributed by atoms with Gasteiger partial charge in [-0.1, -0.05) is 37.1 Å². The molecule has 7 heteroatoms. The smallest absolute Gasteiger partial charge is 0.244 e. The van der Waals surface area contributed by atoms with Crippen molar-refractivity contribution in [1.82, 2.24) is 9.21 Å². The van der Waals surface area contributed by atoms with Crippen molar-refractivity contribution >= 4 is 27.5 Å². The van der Waals surface area contributed by atoms with E-state index in [0.717, 1.165) is 19.4 Å². The number of carbonyl (C=O) groups excluding carboxylic acids is 1. The number of amides is 1. The van der Waals surface area contributed by atoms with Crippen molar-refractivity contribution in [1.29, 1.82) is 0 Å². The summed E-state index contributed by atoms with van der Waals surface area (Å²) in [6, 6.07) is 6.47. The highest BCUT2D eigenvalue weighted by Gasteiger charge is 2.33. The maximum Gasteiger partial charge on any atom is 0.244 e. The van der Waals surface area contributed by atoms with Gasteiger partial charge in [-0.05, 0) is 31.4 Å². The van der Waals surface area contributed by atoms with Gasteiger partial charge < -0.3 is 4.90 Å². The zero-order valence-corrected chi connectivity index (χ0v) is 15.8. The van der Waals surface area contributed by atoms with Crippen LogP contribution in [0.5, 0.6) is 0 Å². The van der Waals surface area contributed by atoms with E-state index >= 15 is 0 Å². The molecular formula is C17H25ClN2O3S. The number of carbonyl (C=O) groups is 1. The van der Waals surface area contributed by atoms with Crippen LogP contribution < -0.4 is 0 Å². The number of benzene rings is 1. The van der Waals surface area contributed by atoms with Crippen LogP contribution >= 0.6 is 11.6 Å². The molecule has 0 bridgehead atoms. The SMILES string of the molecule is CCCCN(C)C(=O)C1CCN(S(=O)(=O)c2ccccc2Cl)CC1. The number of rotatable bonds is 6. The number of unbranched alkanes of at least 4 members (excludes halogenated alkanes) is 1. The molecule has 0 aliphatic carbocycles. The zero-order chi connectivity index (χ0) is 17.7. The van der Waals surface area contributed by atoms with Crippen molar-refractivity contribution < 1.29 is 13.2 Å². The normalized spacial score (nSPS) is 17.0. The Morgan fingerprint density at radius 1 is 1.29 bits per heavy atom. The summed E-state index contributed by atoms with van der Waals surface area (Å²) < 4.78 is 26.8. The van der Waals surface area contributed by atoms with Gasteiger partial charge in [0.05, 0.1) is 5.02 Å². The van der Waals surface area contributed by atoms with Gasteiger partial charge >= 0.3 is 0 Å². The van der Waals surface area contributed by atoms with E-state index in [2.05, 4.69) is 6.92 Å². The molecular weight excluding hydrogens is 348 g/mol. The van der Waals surface area contributed by atoms with E-state index in [1.165, 1.54) is 10.4 Å². The number of halogens is 1. The number of piperidine rings is 1. The Balaban J connectivity index is 2.00. The predicted molar refractivity (Wildman–Crippen MR) is 95.5 cm³/mol. The molecule has 1 amide bonds. The summed E-state index contributed by atoms with van der Waals surface area (Å²) in [6.07, 6.45) is 3.14. The number of nitrogens with zero attached hydrogens (tertiary/aromatic N) is 2. The van der Waals surface area contributed by atoms with Gasteiger partial charge in [0.2, 0.25) is 15.9 Å². The lowest BCUT2D eigenvalue weighted by molar-refractivity contribution is -0.135. The van der Waals surface area contributed by atoms with E-state index in [0.29, 0.717) is 25.9 Å². The molecule has 2 rings (SSSR count). The molecule has 24 heavy (non-hydrogen) atoms. The monoisotopic (exact) mass is 372 g/mol. The average molecular weight is 373 g/mol. The van der Waals surface area contributed by atoms with E-state index in [1.807, 2.05) is 7.05 Å². The van der Waals surface area contributed by atoms with Gasteiger partial charge in [0, 0.05) is 32.6 Å². The van der Waals surface area contributed by atoms with Gasteiger partial charge in [0.1, 0.15) is 4.90 Å². The van der Waals surface area contributed by atoms with Crippen molar-refractivity contribution in [2.24, 2.45) is 5.92 Å². The number of sulfonamides is 1. The third-order valence-corrected chi connectivity index (χ3v) is 6.88. The van der Waals surface area contributed by atoms with Crippen LogP contribution in [-0.4, -0.2) is 50.2 Å². The van der Waals surface area contributed by atoms with Crippen LogP contribution in [0.25, 0.3) is 0 Å². The second kappa shape index (κ2) is 8.32. The molecule has 0 N–H and O–H groups in total. The lowest BCUT2D eigenvalue weighted by Crippen LogP contribution is -2.43. The fraction of sp³-hybridized carbons (Fsp3) is 0.588. The second-order valence-electron chi connectivity index (χ2n) is 6.22. The topological polar surface area (TPSA) is 57.7 Å². The Hall–Kier alpha value is -1.11. The van der Waals surface area contributed by atoms with Crippen LogP contribution in [0.15, 0.2) is 29.2 Å². The molecule has 1 aromatic rings. The molecule has 0 aromatic heterocycles. The molecule has 0 saturated carbocycles. The first-order valence-electron chi connectivity index (χ1n) is 8.37. The van der Waals surface area contributed by atoms with Crippen molar-refractivity contribution in [3.05, 3.63) is 29.3 Å². The van der Waals surface area contributed by atoms with Crippen molar-refractivity contribution in [3.8, 4) is 0 Å². The summed E-state index contributed by atoms with van der Waals surface area (Å²) in [5.41, 5.74) is 0. The third kappa shape index (κ3) is 4.29. The average Bonchev–Trinajstić information content (AvgIpc) is 2.59. The summed E-state index contributed by atoms with van der Waals surface area (Å²) in [6.45, 7) is 3.56. The van der Waals surface area contributed by atoms with Crippen molar-refractivity contribution in [2.45, 2.75) is 37.5 Å². The Morgan fingerprint density at radius 3 is 2.50 bits per heavy atom. The van der Waals surface area contributed by atoms with Crippen LogP contribution in [0.3, 0.4) is 0 Å². The highest BCUT2D eigenvalue weighted by molar-refractivity contribution is 7.89. The predicted octanol–water partition coefficient (Wildman–Crippen LogP) is 3.00. The molecule has 1 heterocycles. The minimum atomic E-state index is -3.60. The molecule has 1 saturated heterocycles. The molecule has 0 unspecified atom stereocenters. The summed E-state index contributed by atoms with van der Waals surface area (Å²) in [4.78, 5) is 14.3. The number of hydrogen-bond acceptors (Lipinski definition) is 3. The Bertz CT molecular complexity index is 670. The van der Waals surface area contributed by atoms with E-state index < -0.39 is 10.0 Å². The molecule has 1 aliphatic heterocycles. The second-order valence-corrected chi connectivity index (χ2v) is 8.54. The van der Waals surface area contributed by atoms with Crippen LogP contribution in [0.2, 0.25) is 5.02 Å². The number of hydrogen-bond donors (Lipinski definition) is 0. The molecule has 5 nitrogen and oxygen atoms in total. The lowest BCUT2D eigenvalue weighted by Gasteiger charge is -2.32. The minimum absolute atomic E-state index is 0.0930. The van der Waals surface area contributed by atoms with Crippen LogP contribution in [0.4, 0.5) is 0 Å². The fourth-order valence-corrected chi connectivity index (χ4v) is 4.92. The van der Waals surface area contributed by atoms with Crippen LogP contribution in [0, 0.1) is 5.92 Å². The third-order valence-electron chi connectivity index (χ3n) is 4.48. The first-order valence-corrected chi connectivity index (χ1v) is 10.2. The molecule has 1 aromatic carbocycles. The molecule has 1 fully saturated rings. The standard InChI is InChI=1S/C17H25ClN2O3S/c1-3-4-11-19(2)17(21)14-9-12-20(13-10-14)24(22,23)16-8-6-5-7-15(16)18/h5-8,14H,3-4,9-13H2,1-2H3. The largest absolute Gasteiger partial charge is 0.346 e. The maximum absolute atomic E-state index is 12.7. The minimum Gasteiger partial charge on any atom is -0.346 e. The highest BCUT2D eigenvalue weighted by Crippen LogP contribution is 2.28. The molecule has 134 valence electrons. The highest BCUT2D eigenvalue weighted by atomic mass is 35.5. The first kappa shape index (κ1) is 19.2. The zero-order valence-electron chi connectivity index (χ0n) is 14.2. The molecule has 0 radical (unpaired) electrons. The molecule has 1 aliphatic rings. The van der Waals surface area contributed by atoms with E-state index in [4.69, 9.17) is 11.6 Å². The Morgan fingerprint density at radius 2 is 1.92 bits per heavy atom. The van der Waals surface area contributed by atoms with Gasteiger partial charge in [0.25, 0.3) is 0 Å². The van der Waals surface area contributed by atoms with Gasteiger partial charge in [0.15, 0.2) is 0 Å². The Kier molecular flexibility index (Phi) is 6.66. The maximum atomic E-state index is 12.7. The summed E-state index contributed by atoms with van der Waals surface area (Å²) >= 11 is 6.03.